The molecule has 1 aromatic heterocycles. The maximum absolute atomic E-state index is 13.7. The lowest BCUT2D eigenvalue weighted by Crippen LogP contribution is -2.02. The van der Waals surface area contributed by atoms with Crippen LogP contribution in [0.25, 0.3) is 0 Å². The number of aryl methyl sites for hydroxylation is 1. The summed E-state index contributed by atoms with van der Waals surface area (Å²) < 4.78 is 27.4. The second-order valence-corrected chi connectivity index (χ2v) is 5.15. The fraction of sp³-hybridized carbons (Fsp3) is 0.111. The summed E-state index contributed by atoms with van der Waals surface area (Å²) in [5, 5.41) is 5.85. The van der Waals surface area contributed by atoms with E-state index >= 15 is 0 Å². The minimum absolute atomic E-state index is 0.240. The van der Waals surface area contributed by atoms with Crippen LogP contribution in [-0.4, -0.2) is 9.97 Å². The number of aromatic nitrogens is 2. The Morgan fingerprint density at radius 3 is 2.25 bits per heavy atom. The van der Waals surface area contributed by atoms with Gasteiger partial charge in [0.15, 0.2) is 0 Å². The number of para-hydroxylation sites is 2. The Labute approximate surface area is 138 Å². The first-order valence-electron chi connectivity index (χ1n) is 7.55. The summed E-state index contributed by atoms with van der Waals surface area (Å²) >= 11 is 0. The predicted molar refractivity (Wildman–Crippen MR) is 90.8 cm³/mol. The van der Waals surface area contributed by atoms with Crippen molar-refractivity contribution in [1.29, 1.82) is 0 Å². The van der Waals surface area contributed by atoms with Gasteiger partial charge in [-0.3, -0.25) is 0 Å². The van der Waals surface area contributed by atoms with Crippen molar-refractivity contribution >= 4 is 23.0 Å². The summed E-state index contributed by atoms with van der Waals surface area (Å²) in [6.45, 7) is 2.06. The highest BCUT2D eigenvalue weighted by Crippen LogP contribution is 2.24. The van der Waals surface area contributed by atoms with Gasteiger partial charge in [0.25, 0.3) is 0 Å². The molecule has 4 nitrogen and oxygen atoms in total. The lowest BCUT2D eigenvalue weighted by Gasteiger charge is -2.12. The van der Waals surface area contributed by atoms with E-state index in [1.54, 1.807) is 6.07 Å². The number of hydrogen-bond acceptors (Lipinski definition) is 4. The third kappa shape index (κ3) is 3.48. The zero-order chi connectivity index (χ0) is 16.9. The van der Waals surface area contributed by atoms with Crippen LogP contribution >= 0.6 is 0 Å². The molecule has 24 heavy (non-hydrogen) atoms. The fourth-order valence-corrected chi connectivity index (χ4v) is 2.33. The van der Waals surface area contributed by atoms with E-state index in [1.807, 2.05) is 24.3 Å². The molecule has 0 fully saturated rings. The Morgan fingerprint density at radius 1 is 0.875 bits per heavy atom. The van der Waals surface area contributed by atoms with Gasteiger partial charge in [-0.25, -0.2) is 18.7 Å². The van der Waals surface area contributed by atoms with Gasteiger partial charge in [0.2, 0.25) is 0 Å². The van der Waals surface area contributed by atoms with Crippen LogP contribution in [0.4, 0.5) is 31.8 Å². The maximum atomic E-state index is 13.7. The van der Waals surface area contributed by atoms with E-state index in [2.05, 4.69) is 27.5 Å². The van der Waals surface area contributed by atoms with E-state index in [0.717, 1.165) is 17.7 Å². The molecule has 0 amide bonds. The van der Waals surface area contributed by atoms with Gasteiger partial charge in [-0.15, -0.1) is 0 Å². The van der Waals surface area contributed by atoms with E-state index < -0.39 is 11.6 Å². The van der Waals surface area contributed by atoms with Crippen LogP contribution < -0.4 is 10.6 Å². The van der Waals surface area contributed by atoms with Crippen LogP contribution in [0, 0.1) is 11.6 Å². The van der Waals surface area contributed by atoms with Gasteiger partial charge < -0.3 is 10.6 Å². The van der Waals surface area contributed by atoms with E-state index in [4.69, 9.17) is 0 Å². The van der Waals surface area contributed by atoms with E-state index in [1.165, 1.54) is 24.5 Å². The summed E-state index contributed by atoms with van der Waals surface area (Å²) in [7, 11) is 0. The summed E-state index contributed by atoms with van der Waals surface area (Å²) in [6, 6.07) is 13.1. The van der Waals surface area contributed by atoms with Crippen molar-refractivity contribution in [3.63, 3.8) is 0 Å². The van der Waals surface area contributed by atoms with Crippen molar-refractivity contribution in [3.05, 3.63) is 72.1 Å². The monoisotopic (exact) mass is 326 g/mol. The summed E-state index contributed by atoms with van der Waals surface area (Å²) in [6.07, 6.45) is 2.21. The molecule has 122 valence electrons. The van der Waals surface area contributed by atoms with E-state index in [9.17, 15) is 8.78 Å². The first kappa shape index (κ1) is 15.9. The van der Waals surface area contributed by atoms with Crippen molar-refractivity contribution in [3.8, 4) is 0 Å². The number of anilines is 4. The number of rotatable bonds is 5. The van der Waals surface area contributed by atoms with E-state index in [-0.39, 0.29) is 5.69 Å². The molecule has 0 aliphatic heterocycles. The van der Waals surface area contributed by atoms with Crippen molar-refractivity contribution in [1.82, 2.24) is 9.97 Å². The lowest BCUT2D eigenvalue weighted by molar-refractivity contribution is 0.590. The third-order valence-corrected chi connectivity index (χ3v) is 3.54. The second kappa shape index (κ2) is 7.04. The van der Waals surface area contributed by atoms with Gasteiger partial charge in [0.1, 0.15) is 35.3 Å². The van der Waals surface area contributed by atoms with Gasteiger partial charge in [0, 0.05) is 11.8 Å². The molecule has 0 spiro atoms. The minimum atomic E-state index is -0.681. The Hall–Kier alpha value is -3.02. The highest BCUT2D eigenvalue weighted by molar-refractivity contribution is 5.65. The standard InChI is InChI=1S/C18H16F2N4/c1-2-12-6-3-4-9-15(12)23-16-10-17(22-11-21-16)24-18-13(19)7-5-8-14(18)20/h3-11H,2H2,1H3,(H2,21,22,23,24). The van der Waals surface area contributed by atoms with Crippen LogP contribution in [0.3, 0.4) is 0 Å². The van der Waals surface area contributed by atoms with Gasteiger partial charge in [-0.1, -0.05) is 31.2 Å². The highest BCUT2D eigenvalue weighted by atomic mass is 19.1. The first-order chi connectivity index (χ1) is 11.7. The van der Waals surface area contributed by atoms with Crippen LogP contribution in [-0.2, 0) is 6.42 Å². The normalized spacial score (nSPS) is 10.5. The molecule has 3 rings (SSSR count). The Morgan fingerprint density at radius 2 is 1.54 bits per heavy atom. The van der Waals surface area contributed by atoms with Crippen LogP contribution in [0.1, 0.15) is 12.5 Å². The van der Waals surface area contributed by atoms with Crippen molar-refractivity contribution < 1.29 is 8.78 Å². The zero-order valence-electron chi connectivity index (χ0n) is 13.1. The molecule has 2 aromatic carbocycles. The molecule has 0 saturated heterocycles. The summed E-state index contributed by atoms with van der Waals surface area (Å²) in [4.78, 5) is 8.15. The number of benzene rings is 2. The molecule has 0 atom stereocenters. The lowest BCUT2D eigenvalue weighted by atomic mass is 10.1. The molecule has 0 saturated carbocycles. The first-order valence-corrected chi connectivity index (χ1v) is 7.55. The molecule has 0 unspecified atom stereocenters. The van der Waals surface area contributed by atoms with Crippen LogP contribution in [0.15, 0.2) is 54.9 Å². The van der Waals surface area contributed by atoms with Crippen LogP contribution in [0.5, 0.6) is 0 Å². The fourth-order valence-electron chi connectivity index (χ4n) is 2.33. The van der Waals surface area contributed by atoms with Gasteiger partial charge in [-0.05, 0) is 30.2 Å². The molecule has 1 heterocycles. The maximum Gasteiger partial charge on any atom is 0.149 e. The molecule has 0 radical (unpaired) electrons. The Kier molecular flexibility index (Phi) is 4.65. The van der Waals surface area contributed by atoms with Gasteiger partial charge in [0.05, 0.1) is 0 Å². The highest BCUT2D eigenvalue weighted by Gasteiger charge is 2.10. The molecule has 0 bridgehead atoms. The topological polar surface area (TPSA) is 49.8 Å². The molecule has 6 heteroatoms. The molecular formula is C18H16F2N4. The zero-order valence-corrected chi connectivity index (χ0v) is 13.1. The Bertz CT molecular complexity index is 832. The molecular weight excluding hydrogens is 310 g/mol. The molecule has 2 N–H and O–H groups in total. The summed E-state index contributed by atoms with van der Waals surface area (Å²) in [5.41, 5.74) is 1.84. The number of halogens is 2. The number of nitrogens with zero attached hydrogens (tertiary/aromatic N) is 2. The average Bonchev–Trinajstić information content (AvgIpc) is 2.59. The molecule has 0 aliphatic carbocycles. The average molecular weight is 326 g/mol. The Balaban J connectivity index is 1.84. The predicted octanol–water partition coefficient (Wildman–Crippen LogP) is 4.80. The smallest absolute Gasteiger partial charge is 0.149 e. The quantitative estimate of drug-likeness (QED) is 0.707. The van der Waals surface area contributed by atoms with Crippen LogP contribution in [0.2, 0.25) is 0 Å². The van der Waals surface area contributed by atoms with Gasteiger partial charge in [-0.2, -0.15) is 0 Å². The third-order valence-electron chi connectivity index (χ3n) is 3.54. The SMILES string of the molecule is CCc1ccccc1Nc1cc(Nc2c(F)cccc2F)ncn1. The number of hydrogen-bond donors (Lipinski definition) is 2. The van der Waals surface area contributed by atoms with Crippen molar-refractivity contribution in [2.75, 3.05) is 10.6 Å². The second-order valence-electron chi connectivity index (χ2n) is 5.15. The molecule has 0 aliphatic rings. The largest absolute Gasteiger partial charge is 0.340 e. The molecule has 3 aromatic rings. The van der Waals surface area contributed by atoms with E-state index in [0.29, 0.717) is 11.6 Å². The number of nitrogens with one attached hydrogen (secondary N) is 2. The van der Waals surface area contributed by atoms with Gasteiger partial charge >= 0.3 is 0 Å². The summed E-state index contributed by atoms with van der Waals surface area (Å²) in [5.74, 6) is -0.533. The minimum Gasteiger partial charge on any atom is -0.340 e. The van der Waals surface area contributed by atoms with Crippen molar-refractivity contribution in [2.45, 2.75) is 13.3 Å². The van der Waals surface area contributed by atoms with Crippen molar-refractivity contribution in [2.24, 2.45) is 0 Å².